The van der Waals surface area contributed by atoms with Gasteiger partial charge in [-0.25, -0.2) is 9.97 Å². The summed E-state index contributed by atoms with van der Waals surface area (Å²) in [6, 6.07) is 0. The van der Waals surface area contributed by atoms with Gasteiger partial charge in [0, 0.05) is 27.3 Å². The summed E-state index contributed by atoms with van der Waals surface area (Å²) in [5, 5.41) is 6.82. The van der Waals surface area contributed by atoms with Gasteiger partial charge >= 0.3 is 5.91 Å². The van der Waals surface area contributed by atoms with E-state index in [4.69, 9.17) is 0 Å². The minimum Gasteiger partial charge on any atom is -0.263 e. The molecule has 0 unspecified atom stereocenters. The van der Waals surface area contributed by atoms with Crippen molar-refractivity contribution in [3.8, 4) is 0 Å². The maximum absolute atomic E-state index is 10.7. The van der Waals surface area contributed by atoms with Crippen molar-refractivity contribution in [2.45, 2.75) is 0 Å². The van der Waals surface area contributed by atoms with Crippen molar-refractivity contribution in [1.82, 2.24) is 9.97 Å². The third-order valence-corrected chi connectivity index (χ3v) is 1.14. The summed E-state index contributed by atoms with van der Waals surface area (Å²) in [7, 11) is 0. The summed E-state index contributed by atoms with van der Waals surface area (Å²) in [4.78, 5) is 18.1. The fourth-order valence-electron chi connectivity index (χ4n) is 0.707. The first-order chi connectivity index (χ1) is 4.88. The number of amides is 1. The Morgan fingerprint density at radius 1 is 1.27 bits per heavy atom. The van der Waals surface area contributed by atoms with Crippen molar-refractivity contribution in [3.63, 3.8) is 0 Å². The summed E-state index contributed by atoms with van der Waals surface area (Å²) < 4.78 is 0. The van der Waals surface area contributed by atoms with Crippen LogP contribution in [0.3, 0.4) is 0 Å². The molecular formula is C5H2N4OPb. The summed E-state index contributed by atoms with van der Waals surface area (Å²) in [5.74, 6) is -0.391. The Bertz CT molecular complexity index is 324. The van der Waals surface area contributed by atoms with E-state index in [1.807, 2.05) is 0 Å². The molecule has 0 aliphatic carbocycles. The average Bonchev–Trinajstić information content (AvgIpc) is 2.34. The van der Waals surface area contributed by atoms with Gasteiger partial charge in [0.1, 0.15) is 12.0 Å². The molecule has 6 heteroatoms. The number of carbonyl (C=O) groups excluding carboxylic acids is 1. The second-order valence-electron chi connectivity index (χ2n) is 1.76. The molecule has 1 aliphatic heterocycles. The Kier molecular flexibility index (Phi) is 2.37. The molecule has 5 nitrogen and oxygen atoms in total. The molecule has 0 saturated heterocycles. The van der Waals surface area contributed by atoms with Gasteiger partial charge in [-0.3, -0.25) is 4.79 Å². The predicted molar refractivity (Wildman–Crippen MR) is 36.6 cm³/mol. The van der Waals surface area contributed by atoms with Gasteiger partial charge in [-0.2, -0.15) is 0 Å². The van der Waals surface area contributed by atoms with Gasteiger partial charge in [0.2, 0.25) is 0 Å². The molecular weight excluding hydrogens is 339 g/mol. The van der Waals surface area contributed by atoms with E-state index in [1.165, 1.54) is 12.5 Å². The van der Waals surface area contributed by atoms with Crippen LogP contribution < -0.4 is 0 Å². The summed E-state index contributed by atoms with van der Waals surface area (Å²) in [6.45, 7) is 0. The van der Waals surface area contributed by atoms with E-state index in [9.17, 15) is 4.79 Å². The number of carbonyl (C=O) groups is 1. The maximum Gasteiger partial charge on any atom is 0.316 e. The average molecular weight is 341 g/mol. The Labute approximate surface area is 82.1 Å². The molecule has 1 aliphatic rings. The summed E-state index contributed by atoms with van der Waals surface area (Å²) in [5.41, 5.74) is 0.738. The second kappa shape index (κ2) is 3.11. The number of hydrogen-bond donors (Lipinski definition) is 0. The van der Waals surface area contributed by atoms with Gasteiger partial charge in [0.05, 0.1) is 6.20 Å². The minimum atomic E-state index is -0.391. The van der Waals surface area contributed by atoms with Crippen molar-refractivity contribution >= 4 is 38.9 Å². The Hall–Kier alpha value is -0.728. The van der Waals surface area contributed by atoms with Gasteiger partial charge in [-0.05, 0) is 0 Å². The van der Waals surface area contributed by atoms with Crippen LogP contribution in [0.1, 0.15) is 10.5 Å². The standard InChI is InChI=1S/C5H2N4O.Pb/c10-5-4-3(8-9-5)1-6-2-7-4;/h1-2H;. The molecule has 2 rings (SSSR count). The Balaban J connectivity index is 0.000000605. The molecule has 1 aromatic heterocycles. The molecule has 0 saturated carbocycles. The van der Waals surface area contributed by atoms with E-state index in [0.717, 1.165) is 0 Å². The van der Waals surface area contributed by atoms with Crippen molar-refractivity contribution < 1.29 is 4.79 Å². The van der Waals surface area contributed by atoms with Gasteiger partial charge in [-0.1, -0.05) is 0 Å². The fraction of sp³-hybridized carbons (Fsp3) is 0. The fourth-order valence-corrected chi connectivity index (χ4v) is 0.707. The zero-order valence-electron chi connectivity index (χ0n) is 5.35. The van der Waals surface area contributed by atoms with Crippen molar-refractivity contribution in [2.24, 2.45) is 10.2 Å². The van der Waals surface area contributed by atoms with E-state index in [-0.39, 0.29) is 33.0 Å². The normalized spacial score (nSPS) is 12.5. The molecule has 2 heterocycles. The van der Waals surface area contributed by atoms with Crippen molar-refractivity contribution in [3.05, 3.63) is 18.2 Å². The summed E-state index contributed by atoms with van der Waals surface area (Å²) in [6.07, 6.45) is 2.75. The number of rotatable bonds is 0. The maximum atomic E-state index is 10.7. The van der Waals surface area contributed by atoms with Crippen LogP contribution in [0.25, 0.3) is 0 Å². The van der Waals surface area contributed by atoms with Crippen LogP contribution in [0.15, 0.2) is 22.8 Å². The van der Waals surface area contributed by atoms with Gasteiger partial charge in [0.15, 0.2) is 5.69 Å². The van der Waals surface area contributed by atoms with Gasteiger partial charge < -0.3 is 0 Å². The quantitative estimate of drug-likeness (QED) is 0.639. The van der Waals surface area contributed by atoms with E-state index in [2.05, 4.69) is 20.2 Å². The molecule has 0 bridgehead atoms. The molecule has 4 radical (unpaired) electrons. The van der Waals surface area contributed by atoms with E-state index in [1.54, 1.807) is 0 Å². The van der Waals surface area contributed by atoms with E-state index < -0.39 is 5.91 Å². The van der Waals surface area contributed by atoms with Crippen molar-refractivity contribution in [1.29, 1.82) is 0 Å². The molecule has 0 spiro atoms. The van der Waals surface area contributed by atoms with Crippen LogP contribution in [0.2, 0.25) is 0 Å². The third-order valence-electron chi connectivity index (χ3n) is 1.14. The zero-order valence-corrected chi connectivity index (χ0v) is 9.24. The second-order valence-corrected chi connectivity index (χ2v) is 1.76. The number of hydrogen-bond acceptors (Lipinski definition) is 4. The van der Waals surface area contributed by atoms with Crippen LogP contribution >= 0.6 is 0 Å². The largest absolute Gasteiger partial charge is 0.316 e. The van der Waals surface area contributed by atoms with Crippen LogP contribution in [-0.2, 0) is 0 Å². The van der Waals surface area contributed by atoms with Gasteiger partial charge in [0.25, 0.3) is 0 Å². The minimum absolute atomic E-state index is 0. The molecule has 1 aromatic rings. The van der Waals surface area contributed by atoms with Crippen molar-refractivity contribution in [2.75, 3.05) is 0 Å². The van der Waals surface area contributed by atoms with E-state index in [0.29, 0.717) is 5.69 Å². The number of nitrogens with zero attached hydrogens (tertiary/aromatic N) is 4. The first kappa shape index (κ1) is 8.37. The molecule has 0 aromatic carbocycles. The predicted octanol–water partition coefficient (Wildman–Crippen LogP) is 0.333. The third kappa shape index (κ3) is 1.32. The molecule has 11 heavy (non-hydrogen) atoms. The zero-order chi connectivity index (χ0) is 6.97. The SMILES string of the molecule is O=C1N=Nc2cncnc21.[Pb]. The monoisotopic (exact) mass is 342 g/mol. The van der Waals surface area contributed by atoms with Crippen LogP contribution in [-0.4, -0.2) is 43.2 Å². The van der Waals surface area contributed by atoms with Gasteiger partial charge in [-0.15, -0.1) is 10.2 Å². The number of azo groups is 1. The molecule has 52 valence electrons. The Morgan fingerprint density at radius 3 is 2.82 bits per heavy atom. The van der Waals surface area contributed by atoms with Crippen LogP contribution in [0, 0.1) is 0 Å². The van der Waals surface area contributed by atoms with Crippen LogP contribution in [0.5, 0.6) is 0 Å². The Morgan fingerprint density at radius 2 is 2.09 bits per heavy atom. The molecule has 0 fully saturated rings. The summed E-state index contributed by atoms with van der Waals surface area (Å²) >= 11 is 0. The molecule has 0 atom stereocenters. The smallest absolute Gasteiger partial charge is 0.263 e. The topological polar surface area (TPSA) is 67.6 Å². The first-order valence-electron chi connectivity index (χ1n) is 2.64. The molecule has 0 N–H and O–H groups in total. The number of aromatic nitrogens is 2. The van der Waals surface area contributed by atoms with Crippen LogP contribution in [0.4, 0.5) is 5.69 Å². The molecule has 1 amide bonds. The van der Waals surface area contributed by atoms with E-state index >= 15 is 0 Å². The number of fused-ring (bicyclic) bond motifs is 1. The first-order valence-corrected chi connectivity index (χ1v) is 2.64.